The fourth-order valence-electron chi connectivity index (χ4n) is 2.06. The number of carbonyl (C=O) groups is 1. The van der Waals surface area contributed by atoms with Crippen molar-refractivity contribution in [3.8, 4) is 0 Å². The van der Waals surface area contributed by atoms with E-state index in [1.807, 2.05) is 45.0 Å². The monoisotopic (exact) mass is 256 g/mol. The molecule has 0 radical (unpaired) electrons. The van der Waals surface area contributed by atoms with Gasteiger partial charge in [-0.25, -0.2) is 0 Å². The number of carbonyl (C=O) groups excluding carboxylic acids is 1. The second-order valence-electron chi connectivity index (χ2n) is 6.04. The van der Waals surface area contributed by atoms with Crippen molar-refractivity contribution >= 4 is 16.7 Å². The Morgan fingerprint density at radius 3 is 2.47 bits per heavy atom. The molecule has 19 heavy (non-hydrogen) atoms. The van der Waals surface area contributed by atoms with E-state index in [-0.39, 0.29) is 11.4 Å². The topological polar surface area (TPSA) is 26.3 Å². The van der Waals surface area contributed by atoms with Crippen LogP contribution in [0, 0.1) is 5.41 Å². The normalized spacial score (nSPS) is 11.5. The van der Waals surface area contributed by atoms with Gasteiger partial charge in [-0.05, 0) is 21.8 Å². The fraction of sp³-hybridized carbons (Fsp3) is 0.353. The van der Waals surface area contributed by atoms with Crippen molar-refractivity contribution in [2.75, 3.05) is 0 Å². The summed E-state index contributed by atoms with van der Waals surface area (Å²) in [5, 5.41) is 2.32. The van der Waals surface area contributed by atoms with Crippen molar-refractivity contribution < 1.29 is 9.53 Å². The number of hydrogen-bond donors (Lipinski definition) is 0. The van der Waals surface area contributed by atoms with Crippen LogP contribution in [0.3, 0.4) is 0 Å². The van der Waals surface area contributed by atoms with Crippen LogP contribution >= 0.6 is 0 Å². The van der Waals surface area contributed by atoms with Crippen LogP contribution in [-0.2, 0) is 16.1 Å². The van der Waals surface area contributed by atoms with E-state index in [0.29, 0.717) is 13.0 Å². The van der Waals surface area contributed by atoms with Crippen LogP contribution in [0.25, 0.3) is 10.8 Å². The SMILES string of the molecule is CC(C)(C)CC(=O)OCc1cccc2ccccc12. The van der Waals surface area contributed by atoms with E-state index in [9.17, 15) is 4.79 Å². The van der Waals surface area contributed by atoms with Crippen LogP contribution in [0.1, 0.15) is 32.8 Å². The van der Waals surface area contributed by atoms with Crippen molar-refractivity contribution in [2.45, 2.75) is 33.8 Å². The van der Waals surface area contributed by atoms with Crippen LogP contribution < -0.4 is 0 Å². The quantitative estimate of drug-likeness (QED) is 0.764. The molecule has 2 heteroatoms. The minimum absolute atomic E-state index is 0.0319. The lowest BCUT2D eigenvalue weighted by atomic mass is 9.92. The van der Waals surface area contributed by atoms with Gasteiger partial charge in [-0.15, -0.1) is 0 Å². The summed E-state index contributed by atoms with van der Waals surface area (Å²) in [5.41, 5.74) is 1.02. The predicted molar refractivity (Wildman–Crippen MR) is 77.8 cm³/mol. The predicted octanol–water partition coefficient (Wildman–Crippen LogP) is 4.32. The second-order valence-corrected chi connectivity index (χ2v) is 6.04. The van der Waals surface area contributed by atoms with Crippen molar-refractivity contribution in [1.82, 2.24) is 0 Å². The lowest BCUT2D eigenvalue weighted by Crippen LogP contribution is -2.15. The molecular weight excluding hydrogens is 236 g/mol. The molecule has 0 bridgehead atoms. The number of esters is 1. The van der Waals surface area contributed by atoms with Crippen molar-refractivity contribution in [3.05, 3.63) is 48.0 Å². The summed E-state index contributed by atoms with van der Waals surface area (Å²) < 4.78 is 5.37. The van der Waals surface area contributed by atoms with Gasteiger partial charge in [-0.3, -0.25) is 4.79 Å². The van der Waals surface area contributed by atoms with Gasteiger partial charge in [-0.2, -0.15) is 0 Å². The van der Waals surface area contributed by atoms with Gasteiger partial charge >= 0.3 is 5.97 Å². The molecule has 0 N–H and O–H groups in total. The number of benzene rings is 2. The average molecular weight is 256 g/mol. The molecule has 2 aromatic rings. The Bertz CT molecular complexity index is 574. The first-order chi connectivity index (χ1) is 8.96. The van der Waals surface area contributed by atoms with Gasteiger partial charge in [0, 0.05) is 0 Å². The molecule has 100 valence electrons. The van der Waals surface area contributed by atoms with E-state index < -0.39 is 0 Å². The first kappa shape index (κ1) is 13.6. The lowest BCUT2D eigenvalue weighted by molar-refractivity contribution is -0.147. The third-order valence-corrected chi connectivity index (χ3v) is 2.94. The number of hydrogen-bond acceptors (Lipinski definition) is 2. The molecule has 0 aliphatic carbocycles. The summed E-state index contributed by atoms with van der Waals surface area (Å²) in [6.45, 7) is 6.45. The molecular formula is C17H20O2. The Morgan fingerprint density at radius 2 is 1.74 bits per heavy atom. The molecule has 2 aromatic carbocycles. The second kappa shape index (κ2) is 5.43. The highest BCUT2D eigenvalue weighted by atomic mass is 16.5. The van der Waals surface area contributed by atoms with E-state index in [2.05, 4.69) is 18.2 Å². The first-order valence-corrected chi connectivity index (χ1v) is 6.58. The molecule has 0 fully saturated rings. The van der Waals surface area contributed by atoms with Crippen LogP contribution in [-0.4, -0.2) is 5.97 Å². The van der Waals surface area contributed by atoms with E-state index in [1.165, 1.54) is 5.39 Å². The summed E-state index contributed by atoms with van der Waals surface area (Å²) in [6, 6.07) is 14.2. The van der Waals surface area contributed by atoms with Gasteiger partial charge in [0.2, 0.25) is 0 Å². The number of rotatable bonds is 3. The Morgan fingerprint density at radius 1 is 1.05 bits per heavy atom. The van der Waals surface area contributed by atoms with Crippen molar-refractivity contribution in [1.29, 1.82) is 0 Å². The van der Waals surface area contributed by atoms with Gasteiger partial charge in [-0.1, -0.05) is 63.2 Å². The summed E-state index contributed by atoms with van der Waals surface area (Å²) in [4.78, 5) is 11.7. The van der Waals surface area contributed by atoms with Crippen LogP contribution in [0.5, 0.6) is 0 Å². The molecule has 0 atom stereocenters. The molecule has 0 heterocycles. The molecule has 0 aliphatic heterocycles. The van der Waals surface area contributed by atoms with Gasteiger partial charge in [0.05, 0.1) is 6.42 Å². The highest BCUT2D eigenvalue weighted by Gasteiger charge is 2.17. The standard InChI is InChI=1S/C17H20O2/c1-17(2,3)11-16(18)19-12-14-9-6-8-13-7-4-5-10-15(13)14/h4-10H,11-12H2,1-3H3. The smallest absolute Gasteiger partial charge is 0.306 e. The molecule has 0 saturated heterocycles. The molecule has 0 amide bonds. The molecule has 2 rings (SSSR count). The minimum Gasteiger partial charge on any atom is -0.461 e. The third kappa shape index (κ3) is 3.82. The Labute approximate surface area is 114 Å². The Kier molecular flexibility index (Phi) is 3.89. The number of ether oxygens (including phenoxy) is 1. The minimum atomic E-state index is -0.138. The zero-order valence-electron chi connectivity index (χ0n) is 11.8. The molecule has 0 spiro atoms. The highest BCUT2D eigenvalue weighted by Crippen LogP contribution is 2.21. The summed E-state index contributed by atoms with van der Waals surface area (Å²) >= 11 is 0. The van der Waals surface area contributed by atoms with E-state index >= 15 is 0 Å². The Hall–Kier alpha value is -1.83. The highest BCUT2D eigenvalue weighted by molar-refractivity contribution is 5.85. The largest absolute Gasteiger partial charge is 0.461 e. The van der Waals surface area contributed by atoms with E-state index in [0.717, 1.165) is 10.9 Å². The van der Waals surface area contributed by atoms with Crippen molar-refractivity contribution in [2.24, 2.45) is 5.41 Å². The number of fused-ring (bicyclic) bond motifs is 1. The maximum atomic E-state index is 11.7. The van der Waals surface area contributed by atoms with Gasteiger partial charge < -0.3 is 4.74 Å². The van der Waals surface area contributed by atoms with Crippen LogP contribution in [0.15, 0.2) is 42.5 Å². The first-order valence-electron chi connectivity index (χ1n) is 6.58. The molecule has 0 aliphatic rings. The Balaban J connectivity index is 2.08. The van der Waals surface area contributed by atoms with Crippen LogP contribution in [0.4, 0.5) is 0 Å². The lowest BCUT2D eigenvalue weighted by Gasteiger charge is -2.16. The maximum Gasteiger partial charge on any atom is 0.306 e. The molecule has 0 aromatic heterocycles. The van der Waals surface area contributed by atoms with Crippen LogP contribution in [0.2, 0.25) is 0 Å². The van der Waals surface area contributed by atoms with E-state index in [4.69, 9.17) is 4.74 Å². The third-order valence-electron chi connectivity index (χ3n) is 2.94. The summed E-state index contributed by atoms with van der Waals surface area (Å²) in [5.74, 6) is -0.138. The van der Waals surface area contributed by atoms with Gasteiger partial charge in [0.1, 0.15) is 6.61 Å². The van der Waals surface area contributed by atoms with Crippen molar-refractivity contribution in [3.63, 3.8) is 0 Å². The zero-order chi connectivity index (χ0) is 13.9. The average Bonchev–Trinajstić information content (AvgIpc) is 2.34. The summed E-state index contributed by atoms with van der Waals surface area (Å²) in [6.07, 6.45) is 0.442. The molecule has 0 saturated carbocycles. The zero-order valence-corrected chi connectivity index (χ0v) is 11.8. The van der Waals surface area contributed by atoms with E-state index in [1.54, 1.807) is 0 Å². The summed E-state index contributed by atoms with van der Waals surface area (Å²) in [7, 11) is 0. The van der Waals surface area contributed by atoms with Gasteiger partial charge in [0.15, 0.2) is 0 Å². The molecule has 2 nitrogen and oxygen atoms in total. The molecule has 0 unspecified atom stereocenters. The maximum absolute atomic E-state index is 11.7. The van der Waals surface area contributed by atoms with Gasteiger partial charge in [0.25, 0.3) is 0 Å². The fourth-order valence-corrected chi connectivity index (χ4v) is 2.06.